The molecule has 2 N–H and O–H groups in total. The van der Waals surface area contributed by atoms with Gasteiger partial charge in [0.2, 0.25) is 10.0 Å². The molecule has 0 radical (unpaired) electrons. The number of ether oxygens (including phenoxy) is 1. The summed E-state index contributed by atoms with van der Waals surface area (Å²) < 4.78 is 81.3. The Hall–Kier alpha value is -2.72. The van der Waals surface area contributed by atoms with Crippen LogP contribution in [0.4, 0.5) is 17.6 Å². The minimum atomic E-state index is -4.62. The van der Waals surface area contributed by atoms with Crippen LogP contribution in [0.2, 0.25) is 0 Å². The molecule has 0 fully saturated rings. The van der Waals surface area contributed by atoms with Gasteiger partial charge in [0.05, 0.1) is 11.1 Å². The van der Waals surface area contributed by atoms with Crippen molar-refractivity contribution in [2.45, 2.75) is 18.0 Å². The summed E-state index contributed by atoms with van der Waals surface area (Å²) in [6.07, 6.45) is -4.62. The summed E-state index contributed by atoms with van der Waals surface area (Å²) >= 11 is 0. The van der Waals surface area contributed by atoms with Gasteiger partial charge in [-0.2, -0.15) is 13.2 Å². The Labute approximate surface area is 157 Å². The zero-order valence-corrected chi connectivity index (χ0v) is 15.1. The van der Waals surface area contributed by atoms with E-state index in [0.29, 0.717) is 0 Å². The summed E-state index contributed by atoms with van der Waals surface area (Å²) in [5, 5.41) is 4.91. The van der Waals surface area contributed by atoms with Crippen molar-refractivity contribution >= 4 is 27.1 Å². The molecule has 3 rings (SSSR count). The van der Waals surface area contributed by atoms with Gasteiger partial charge >= 0.3 is 12.1 Å². The van der Waals surface area contributed by atoms with Gasteiger partial charge in [0.25, 0.3) is 0 Å². The van der Waals surface area contributed by atoms with Crippen LogP contribution < -0.4 is 5.14 Å². The molecule has 0 aromatic heterocycles. The Balaban J connectivity index is 2.18. The second-order valence-electron chi connectivity index (χ2n) is 6.15. The average Bonchev–Trinajstić information content (AvgIpc) is 2.94. The monoisotopic (exact) mass is 415 g/mol. The van der Waals surface area contributed by atoms with Crippen molar-refractivity contribution in [3.05, 3.63) is 64.5 Å². The van der Waals surface area contributed by atoms with Gasteiger partial charge in [-0.25, -0.2) is 22.7 Å². The molecule has 0 atom stereocenters. The van der Waals surface area contributed by atoms with Gasteiger partial charge in [0.1, 0.15) is 17.3 Å². The molecule has 10 heteroatoms. The van der Waals surface area contributed by atoms with E-state index in [1.165, 1.54) is 25.1 Å². The number of rotatable bonds is 3. The fourth-order valence-electron chi connectivity index (χ4n) is 2.93. The van der Waals surface area contributed by atoms with Crippen LogP contribution >= 0.6 is 0 Å². The summed E-state index contributed by atoms with van der Waals surface area (Å²) in [6, 6.07) is 6.35. The van der Waals surface area contributed by atoms with Gasteiger partial charge in [-0.15, -0.1) is 0 Å². The van der Waals surface area contributed by atoms with Gasteiger partial charge in [-0.1, -0.05) is 18.2 Å². The molecule has 0 aliphatic carbocycles. The minimum absolute atomic E-state index is 0.0201. The maximum absolute atomic E-state index is 14.1. The number of carbonyl (C=O) groups is 1. The van der Waals surface area contributed by atoms with Crippen LogP contribution in [0.1, 0.15) is 22.3 Å². The zero-order chi connectivity index (χ0) is 20.9. The number of carbonyl (C=O) groups excluding carboxylic acids is 1. The molecule has 0 saturated carbocycles. The van der Waals surface area contributed by atoms with Crippen molar-refractivity contribution < 1.29 is 35.5 Å². The molecule has 0 unspecified atom stereocenters. The Kier molecular flexibility index (Phi) is 4.80. The van der Waals surface area contributed by atoms with Crippen LogP contribution in [0.15, 0.2) is 41.3 Å². The number of hydrogen-bond acceptors (Lipinski definition) is 4. The van der Waals surface area contributed by atoms with Gasteiger partial charge in [0, 0.05) is 5.57 Å². The van der Waals surface area contributed by atoms with E-state index in [0.717, 1.165) is 18.2 Å². The third-order valence-corrected chi connectivity index (χ3v) is 5.22. The lowest BCUT2D eigenvalue weighted by Gasteiger charge is -2.13. The number of primary sulfonamides is 1. The molecule has 1 heterocycles. The number of alkyl halides is 3. The maximum atomic E-state index is 14.1. The first kappa shape index (κ1) is 20.0. The Morgan fingerprint density at radius 1 is 1.07 bits per heavy atom. The number of esters is 1. The van der Waals surface area contributed by atoms with Crippen LogP contribution in [0.25, 0.3) is 11.1 Å². The molecule has 0 bridgehead atoms. The fraction of sp³-hybridized carbons (Fsp3) is 0.167. The second kappa shape index (κ2) is 6.71. The van der Waals surface area contributed by atoms with Gasteiger partial charge in [0.15, 0.2) is 0 Å². The quantitative estimate of drug-likeness (QED) is 0.616. The average molecular weight is 415 g/mol. The van der Waals surface area contributed by atoms with E-state index in [-0.39, 0.29) is 34.4 Å². The van der Waals surface area contributed by atoms with Crippen LogP contribution in [0.3, 0.4) is 0 Å². The van der Waals surface area contributed by atoms with Crippen molar-refractivity contribution in [3.8, 4) is 0 Å². The molecule has 1 aliphatic heterocycles. The Bertz CT molecular complexity index is 1120. The highest BCUT2D eigenvalue weighted by molar-refractivity contribution is 7.89. The molecule has 0 spiro atoms. The molecule has 2 aromatic rings. The Morgan fingerprint density at radius 2 is 1.71 bits per heavy atom. The van der Waals surface area contributed by atoms with E-state index >= 15 is 0 Å². The predicted molar refractivity (Wildman–Crippen MR) is 91.7 cm³/mol. The minimum Gasteiger partial charge on any atom is -0.457 e. The summed E-state index contributed by atoms with van der Waals surface area (Å²) in [4.78, 5) is 11.4. The number of halogens is 4. The first-order chi connectivity index (χ1) is 12.9. The smallest absolute Gasteiger partial charge is 0.416 e. The highest BCUT2D eigenvalue weighted by atomic mass is 32.2. The number of benzene rings is 2. The first-order valence-electron chi connectivity index (χ1n) is 7.81. The van der Waals surface area contributed by atoms with E-state index in [9.17, 15) is 30.8 Å². The highest BCUT2D eigenvalue weighted by Crippen LogP contribution is 2.38. The number of sulfonamides is 1. The van der Waals surface area contributed by atoms with Crippen molar-refractivity contribution in [3.63, 3.8) is 0 Å². The molecular weight excluding hydrogens is 402 g/mol. The SMILES string of the molecule is Cc1ccc(C2=C(c3ccc(S(N)(=O)=O)c(F)c3)COC2=O)cc1C(F)(F)F. The van der Waals surface area contributed by atoms with Crippen LogP contribution in [0.5, 0.6) is 0 Å². The van der Waals surface area contributed by atoms with Crippen molar-refractivity contribution in [2.75, 3.05) is 6.61 Å². The molecule has 5 nitrogen and oxygen atoms in total. The molecule has 148 valence electrons. The number of cyclic esters (lactones) is 1. The van der Waals surface area contributed by atoms with Crippen molar-refractivity contribution in [1.29, 1.82) is 0 Å². The second-order valence-corrected chi connectivity index (χ2v) is 7.68. The molecule has 0 amide bonds. The third-order valence-electron chi connectivity index (χ3n) is 4.27. The Morgan fingerprint density at radius 3 is 2.29 bits per heavy atom. The van der Waals surface area contributed by atoms with E-state index in [1.807, 2.05) is 0 Å². The normalized spacial score (nSPS) is 15.1. The van der Waals surface area contributed by atoms with E-state index < -0.39 is 38.4 Å². The lowest BCUT2D eigenvalue weighted by Crippen LogP contribution is -2.14. The van der Waals surface area contributed by atoms with Gasteiger partial charge in [-0.05, 0) is 41.8 Å². The summed E-state index contributed by atoms with van der Waals surface area (Å²) in [5.74, 6) is -2.01. The van der Waals surface area contributed by atoms with E-state index in [1.54, 1.807) is 0 Å². The van der Waals surface area contributed by atoms with Crippen molar-refractivity contribution in [2.24, 2.45) is 5.14 Å². The molecule has 1 aliphatic rings. The maximum Gasteiger partial charge on any atom is 0.416 e. The topological polar surface area (TPSA) is 86.5 Å². The molecular formula is C18H13F4NO4S. The number of nitrogens with two attached hydrogens (primary N) is 1. The largest absolute Gasteiger partial charge is 0.457 e. The lowest BCUT2D eigenvalue weighted by molar-refractivity contribution is -0.138. The summed E-state index contributed by atoms with van der Waals surface area (Å²) in [7, 11) is -4.29. The third kappa shape index (κ3) is 3.65. The van der Waals surface area contributed by atoms with E-state index in [4.69, 9.17) is 9.88 Å². The fourth-order valence-corrected chi connectivity index (χ4v) is 3.52. The van der Waals surface area contributed by atoms with E-state index in [2.05, 4.69) is 0 Å². The predicted octanol–water partition coefficient (Wildman–Crippen LogP) is 3.27. The number of aryl methyl sites for hydroxylation is 1. The van der Waals surface area contributed by atoms with Crippen LogP contribution in [-0.2, 0) is 25.7 Å². The summed E-state index contributed by atoms with van der Waals surface area (Å²) in [6.45, 7) is 0.994. The summed E-state index contributed by atoms with van der Waals surface area (Å²) in [5.41, 5.74) is -0.873. The lowest BCUT2D eigenvalue weighted by atomic mass is 9.94. The molecule has 2 aromatic carbocycles. The van der Waals surface area contributed by atoms with Gasteiger partial charge < -0.3 is 4.74 Å². The van der Waals surface area contributed by atoms with Crippen LogP contribution in [0, 0.1) is 12.7 Å². The standard InChI is InChI=1S/C18H13F4NO4S/c1-9-2-3-11(6-13(9)18(20,21)22)16-12(8-27-17(16)24)10-4-5-15(14(19)7-10)28(23,25)26/h2-7H,8H2,1H3,(H2,23,25,26). The number of hydrogen-bond donors (Lipinski definition) is 1. The first-order valence-corrected chi connectivity index (χ1v) is 9.35. The van der Waals surface area contributed by atoms with Crippen molar-refractivity contribution in [1.82, 2.24) is 0 Å². The molecule has 28 heavy (non-hydrogen) atoms. The highest BCUT2D eigenvalue weighted by Gasteiger charge is 2.34. The van der Waals surface area contributed by atoms with Gasteiger partial charge in [-0.3, -0.25) is 0 Å². The zero-order valence-electron chi connectivity index (χ0n) is 14.3. The van der Waals surface area contributed by atoms with Crippen LogP contribution in [-0.4, -0.2) is 21.0 Å². The molecule has 0 saturated heterocycles.